The Kier molecular flexibility index (Phi) is 5.56. The molecule has 33 heavy (non-hydrogen) atoms. The number of carbonyl (C=O) groups excluding carboxylic acids is 2. The van der Waals surface area contributed by atoms with E-state index in [1.807, 2.05) is 4.90 Å². The molecule has 176 valence electrons. The highest BCUT2D eigenvalue weighted by atomic mass is 16.5. The summed E-state index contributed by atoms with van der Waals surface area (Å²) in [7, 11) is 1.31. The minimum absolute atomic E-state index is 0.0319. The number of aromatic nitrogens is 1. The molecule has 0 spiro atoms. The first kappa shape index (κ1) is 22.1. The van der Waals surface area contributed by atoms with E-state index in [1.165, 1.54) is 7.11 Å². The molecule has 4 aliphatic rings. The van der Waals surface area contributed by atoms with E-state index in [0.717, 1.165) is 48.3 Å². The lowest BCUT2D eigenvalue weighted by Crippen LogP contribution is -2.57. The number of ether oxygens (including phenoxy) is 2. The number of fused-ring (bicyclic) bond motifs is 1. The quantitative estimate of drug-likeness (QED) is 0.501. The minimum Gasteiger partial charge on any atom is -0.469 e. The van der Waals surface area contributed by atoms with Gasteiger partial charge in [0.2, 0.25) is 5.91 Å². The van der Waals surface area contributed by atoms with Gasteiger partial charge in [-0.1, -0.05) is 0 Å². The molecule has 1 saturated heterocycles. The van der Waals surface area contributed by atoms with Crippen molar-refractivity contribution in [3.05, 3.63) is 22.4 Å². The van der Waals surface area contributed by atoms with Crippen LogP contribution in [0, 0.1) is 17.2 Å². The minimum atomic E-state index is -0.501. The molecule has 2 aliphatic heterocycles. The lowest BCUT2D eigenvalue weighted by Gasteiger charge is -2.43. The second kappa shape index (κ2) is 8.28. The zero-order valence-electron chi connectivity index (χ0n) is 19.7. The first-order chi connectivity index (χ1) is 15.8. The van der Waals surface area contributed by atoms with Crippen LogP contribution in [0.1, 0.15) is 74.3 Å². The molecule has 1 unspecified atom stereocenters. The molecule has 2 aliphatic carbocycles. The Morgan fingerprint density at radius 3 is 2.61 bits per heavy atom. The number of hydrogen-bond donors (Lipinski definition) is 0. The second-order valence-electron chi connectivity index (χ2n) is 10.5. The molecule has 3 fully saturated rings. The van der Waals surface area contributed by atoms with E-state index in [-0.39, 0.29) is 24.0 Å². The number of piperazine rings is 1. The lowest BCUT2D eigenvalue weighted by molar-refractivity contribution is -0.148. The van der Waals surface area contributed by atoms with Crippen molar-refractivity contribution in [3.8, 4) is 6.07 Å². The van der Waals surface area contributed by atoms with E-state index in [1.54, 1.807) is 0 Å². The van der Waals surface area contributed by atoms with Gasteiger partial charge in [-0.05, 0) is 51.0 Å². The van der Waals surface area contributed by atoms with Crippen LogP contribution in [-0.2, 0) is 32.1 Å². The van der Waals surface area contributed by atoms with Crippen LogP contribution < -0.4 is 4.90 Å². The highest BCUT2D eigenvalue weighted by molar-refractivity contribution is 5.94. The molecule has 0 bridgehead atoms. The molecule has 1 atom stereocenters. The largest absolute Gasteiger partial charge is 0.469 e. The van der Waals surface area contributed by atoms with Crippen molar-refractivity contribution in [3.63, 3.8) is 0 Å². The molecule has 2 saturated carbocycles. The fraction of sp³-hybridized carbons (Fsp3) is 0.680. The highest BCUT2D eigenvalue weighted by Gasteiger charge is 2.43. The van der Waals surface area contributed by atoms with Gasteiger partial charge in [0.15, 0.2) is 0 Å². The summed E-state index contributed by atoms with van der Waals surface area (Å²) in [5.74, 6) is 0.987. The molecular weight excluding hydrogens is 420 g/mol. The number of hydrogen-bond acceptors (Lipinski definition) is 7. The van der Waals surface area contributed by atoms with Crippen molar-refractivity contribution in [2.75, 3.05) is 31.6 Å². The summed E-state index contributed by atoms with van der Waals surface area (Å²) in [6.45, 7) is 6.42. The monoisotopic (exact) mass is 452 g/mol. The van der Waals surface area contributed by atoms with Crippen LogP contribution >= 0.6 is 0 Å². The van der Waals surface area contributed by atoms with Crippen molar-refractivity contribution in [1.29, 1.82) is 5.26 Å². The van der Waals surface area contributed by atoms with Crippen LogP contribution in [0.4, 0.5) is 5.82 Å². The average Bonchev–Trinajstić information content (AvgIpc) is 3.70. The predicted molar refractivity (Wildman–Crippen MR) is 121 cm³/mol. The van der Waals surface area contributed by atoms with E-state index in [9.17, 15) is 14.9 Å². The van der Waals surface area contributed by atoms with Gasteiger partial charge in [0.25, 0.3) is 0 Å². The molecule has 8 nitrogen and oxygen atoms in total. The average molecular weight is 453 g/mol. The van der Waals surface area contributed by atoms with Crippen LogP contribution in [-0.4, -0.2) is 60.1 Å². The standard InChI is InChI=1S/C25H32N4O4/c1-25(2)11-17-18(12-26)24(27-23(16-6-7-16)19(17)14-33-25)28-8-9-29(20(13-28)15-4-5-15)21(30)10-22(31)32-3/h15-16,20H,4-11,13-14H2,1-3H3. The summed E-state index contributed by atoms with van der Waals surface area (Å²) in [4.78, 5) is 33.6. The highest BCUT2D eigenvalue weighted by Crippen LogP contribution is 2.46. The van der Waals surface area contributed by atoms with Gasteiger partial charge in [0, 0.05) is 37.5 Å². The number of nitriles is 1. The number of rotatable bonds is 5. The molecule has 1 aromatic rings. The topological polar surface area (TPSA) is 95.8 Å². The zero-order chi connectivity index (χ0) is 23.3. The maximum atomic E-state index is 12.8. The molecule has 5 rings (SSSR count). The Hall–Kier alpha value is -2.66. The van der Waals surface area contributed by atoms with Crippen LogP contribution in [0.5, 0.6) is 0 Å². The third kappa shape index (κ3) is 4.31. The third-order valence-electron chi connectivity index (χ3n) is 7.44. The summed E-state index contributed by atoms with van der Waals surface area (Å²) >= 11 is 0. The Balaban J connectivity index is 1.47. The summed E-state index contributed by atoms with van der Waals surface area (Å²) in [5, 5.41) is 10.2. The van der Waals surface area contributed by atoms with E-state index >= 15 is 0 Å². The van der Waals surface area contributed by atoms with Gasteiger partial charge in [-0.15, -0.1) is 0 Å². The van der Waals surface area contributed by atoms with Gasteiger partial charge in [0.05, 0.1) is 36.6 Å². The van der Waals surface area contributed by atoms with Gasteiger partial charge in [0.1, 0.15) is 18.3 Å². The molecule has 3 heterocycles. The molecule has 1 aromatic heterocycles. The SMILES string of the molecule is COC(=O)CC(=O)N1CCN(c2nc(C3CC3)c3c(c2C#N)CC(C)(C)OC3)CC1C1CC1. The predicted octanol–water partition coefficient (Wildman–Crippen LogP) is 2.67. The Morgan fingerprint density at radius 1 is 1.21 bits per heavy atom. The first-order valence-electron chi connectivity index (χ1n) is 12.0. The molecular formula is C25H32N4O4. The van der Waals surface area contributed by atoms with Gasteiger partial charge in [-0.2, -0.15) is 5.26 Å². The number of amides is 1. The number of methoxy groups -OCH3 is 1. The number of nitrogens with zero attached hydrogens (tertiary/aromatic N) is 4. The molecule has 0 radical (unpaired) electrons. The summed E-state index contributed by atoms with van der Waals surface area (Å²) in [5.41, 5.74) is 3.65. The molecule has 0 aromatic carbocycles. The van der Waals surface area contributed by atoms with Gasteiger partial charge < -0.3 is 19.3 Å². The van der Waals surface area contributed by atoms with Crippen molar-refractivity contribution in [1.82, 2.24) is 9.88 Å². The normalized spacial score (nSPS) is 24.1. The van der Waals surface area contributed by atoms with Crippen LogP contribution in [0.3, 0.4) is 0 Å². The summed E-state index contributed by atoms with van der Waals surface area (Å²) in [6, 6.07) is 2.50. The number of pyridine rings is 1. The van der Waals surface area contributed by atoms with E-state index in [2.05, 4.69) is 24.8 Å². The van der Waals surface area contributed by atoms with Crippen molar-refractivity contribution in [2.24, 2.45) is 5.92 Å². The van der Waals surface area contributed by atoms with Crippen molar-refractivity contribution >= 4 is 17.7 Å². The van der Waals surface area contributed by atoms with Gasteiger partial charge >= 0.3 is 5.97 Å². The number of esters is 1. The van der Waals surface area contributed by atoms with Crippen LogP contribution in [0.2, 0.25) is 0 Å². The van der Waals surface area contributed by atoms with Crippen molar-refractivity contribution < 1.29 is 19.1 Å². The van der Waals surface area contributed by atoms with E-state index in [0.29, 0.717) is 50.1 Å². The second-order valence-corrected chi connectivity index (χ2v) is 10.5. The van der Waals surface area contributed by atoms with E-state index < -0.39 is 5.97 Å². The van der Waals surface area contributed by atoms with Crippen molar-refractivity contribution in [2.45, 2.75) is 76.5 Å². The first-order valence-corrected chi connectivity index (χ1v) is 12.0. The molecule has 8 heteroatoms. The Labute approximate surface area is 194 Å². The maximum absolute atomic E-state index is 12.8. The van der Waals surface area contributed by atoms with Crippen LogP contribution in [0.15, 0.2) is 0 Å². The zero-order valence-corrected chi connectivity index (χ0v) is 19.7. The maximum Gasteiger partial charge on any atom is 0.315 e. The van der Waals surface area contributed by atoms with Gasteiger partial charge in [-0.3, -0.25) is 9.59 Å². The lowest BCUT2D eigenvalue weighted by atomic mass is 9.87. The summed E-state index contributed by atoms with van der Waals surface area (Å²) in [6.07, 6.45) is 4.92. The summed E-state index contributed by atoms with van der Waals surface area (Å²) < 4.78 is 10.8. The van der Waals surface area contributed by atoms with E-state index in [4.69, 9.17) is 14.5 Å². The number of carbonyl (C=O) groups is 2. The Morgan fingerprint density at radius 2 is 1.97 bits per heavy atom. The fourth-order valence-corrected chi connectivity index (χ4v) is 5.31. The van der Waals surface area contributed by atoms with Crippen LogP contribution in [0.25, 0.3) is 0 Å². The number of anilines is 1. The van der Waals surface area contributed by atoms with Gasteiger partial charge in [-0.25, -0.2) is 4.98 Å². The Bertz CT molecular complexity index is 1020. The smallest absolute Gasteiger partial charge is 0.315 e. The molecule has 1 amide bonds. The fourth-order valence-electron chi connectivity index (χ4n) is 5.31. The molecule has 0 N–H and O–H groups in total. The third-order valence-corrected chi connectivity index (χ3v) is 7.44.